The minimum absolute atomic E-state index is 0.0438. The molecule has 37 heavy (non-hydrogen) atoms. The molecule has 0 aromatic heterocycles. The van der Waals surface area contributed by atoms with Gasteiger partial charge in [0.1, 0.15) is 17.3 Å². The van der Waals surface area contributed by atoms with Crippen LogP contribution in [0.15, 0.2) is 60.2 Å². The van der Waals surface area contributed by atoms with E-state index in [1.807, 2.05) is 58.0 Å². The number of carbonyl (C=O) groups excluding carboxylic acids is 2. The number of anilines is 1. The van der Waals surface area contributed by atoms with Crippen molar-refractivity contribution in [2.75, 3.05) is 12.0 Å². The highest BCUT2D eigenvalue weighted by atomic mass is 35.5. The third-order valence-electron chi connectivity index (χ3n) is 6.78. The van der Waals surface area contributed by atoms with Gasteiger partial charge in [-0.15, -0.1) is 0 Å². The van der Waals surface area contributed by atoms with Gasteiger partial charge in [-0.1, -0.05) is 56.6 Å². The minimum Gasteiger partial charge on any atom is -0.507 e. The van der Waals surface area contributed by atoms with Crippen molar-refractivity contribution in [2.45, 2.75) is 46.1 Å². The smallest absolute Gasteiger partial charge is 0.300 e. The number of amides is 1. The predicted molar refractivity (Wildman–Crippen MR) is 144 cm³/mol. The number of aryl methyl sites for hydroxylation is 2. The molecule has 3 aromatic carbocycles. The summed E-state index contributed by atoms with van der Waals surface area (Å²) in [5.41, 5.74) is 3.92. The Kier molecular flexibility index (Phi) is 7.42. The maximum absolute atomic E-state index is 13.9. The summed E-state index contributed by atoms with van der Waals surface area (Å²) in [5, 5.41) is 11.4. The number of benzene rings is 3. The standard InChI is InChI=1S/C30H29ClFNO4/c1-6-18-7-9-19(10-8-18)27-26(28(34)22-15-21(16(2)3)25(37-5)13-17(22)4)29(35)30(36)33(27)20-11-12-24(32)23(31)14-20/h7-16,27,34H,6H2,1-5H3/b28-26+. The van der Waals surface area contributed by atoms with E-state index in [4.69, 9.17) is 16.3 Å². The van der Waals surface area contributed by atoms with E-state index in [0.717, 1.165) is 23.6 Å². The van der Waals surface area contributed by atoms with Crippen LogP contribution in [0.1, 0.15) is 60.5 Å². The molecule has 0 radical (unpaired) electrons. The summed E-state index contributed by atoms with van der Waals surface area (Å²) in [6.45, 7) is 7.84. The molecule has 1 fully saturated rings. The van der Waals surface area contributed by atoms with Gasteiger partial charge in [-0.05, 0) is 71.8 Å². The highest BCUT2D eigenvalue weighted by Crippen LogP contribution is 2.44. The lowest BCUT2D eigenvalue weighted by Crippen LogP contribution is -2.29. The molecule has 3 aromatic rings. The molecular weight excluding hydrogens is 493 g/mol. The van der Waals surface area contributed by atoms with E-state index >= 15 is 0 Å². The second kappa shape index (κ2) is 10.4. The molecule has 0 bridgehead atoms. The van der Waals surface area contributed by atoms with Crippen LogP contribution in [0.25, 0.3) is 5.76 Å². The van der Waals surface area contributed by atoms with Crippen molar-refractivity contribution >= 4 is 34.7 Å². The number of carbonyl (C=O) groups is 2. The number of Topliss-reactive ketones (excluding diaryl/α,β-unsaturated/α-hetero) is 1. The summed E-state index contributed by atoms with van der Waals surface area (Å²) in [7, 11) is 1.58. The molecular formula is C30H29ClFNO4. The second-order valence-corrected chi connectivity index (χ2v) is 9.83. The van der Waals surface area contributed by atoms with Crippen LogP contribution >= 0.6 is 11.6 Å². The van der Waals surface area contributed by atoms with E-state index < -0.39 is 23.5 Å². The first kappa shape index (κ1) is 26.4. The van der Waals surface area contributed by atoms with Gasteiger partial charge in [0.15, 0.2) is 0 Å². The van der Waals surface area contributed by atoms with E-state index in [1.54, 1.807) is 13.2 Å². The average Bonchev–Trinajstić information content (AvgIpc) is 3.15. The van der Waals surface area contributed by atoms with E-state index in [0.29, 0.717) is 22.4 Å². The molecule has 0 spiro atoms. The largest absolute Gasteiger partial charge is 0.507 e. The number of rotatable bonds is 6. The summed E-state index contributed by atoms with van der Waals surface area (Å²) < 4.78 is 19.5. The first-order chi connectivity index (χ1) is 17.6. The molecule has 1 aliphatic rings. The molecule has 0 aliphatic carbocycles. The maximum atomic E-state index is 13.9. The van der Waals surface area contributed by atoms with Crippen LogP contribution in [0.4, 0.5) is 10.1 Å². The number of ketones is 1. The van der Waals surface area contributed by atoms with Gasteiger partial charge in [0.05, 0.1) is 23.7 Å². The monoisotopic (exact) mass is 521 g/mol. The second-order valence-electron chi connectivity index (χ2n) is 9.43. The lowest BCUT2D eigenvalue weighted by atomic mass is 9.90. The Bertz CT molecular complexity index is 1410. The van der Waals surface area contributed by atoms with Crippen molar-refractivity contribution in [3.05, 3.63) is 98.8 Å². The van der Waals surface area contributed by atoms with Crippen LogP contribution in [0, 0.1) is 12.7 Å². The molecule has 4 rings (SSSR count). The van der Waals surface area contributed by atoms with Crippen LogP contribution in [0.3, 0.4) is 0 Å². The zero-order valence-electron chi connectivity index (χ0n) is 21.4. The maximum Gasteiger partial charge on any atom is 0.300 e. The quantitative estimate of drug-likeness (QED) is 0.213. The number of halogens is 2. The average molecular weight is 522 g/mol. The molecule has 1 unspecified atom stereocenters. The van der Waals surface area contributed by atoms with Gasteiger partial charge < -0.3 is 9.84 Å². The number of hydrogen-bond acceptors (Lipinski definition) is 4. The van der Waals surface area contributed by atoms with Crippen LogP contribution in [0.2, 0.25) is 5.02 Å². The molecule has 1 amide bonds. The lowest BCUT2D eigenvalue weighted by Gasteiger charge is -2.26. The number of methoxy groups -OCH3 is 1. The molecule has 1 aliphatic heterocycles. The zero-order chi connectivity index (χ0) is 27.0. The molecule has 1 saturated heterocycles. The molecule has 0 saturated carbocycles. The fraction of sp³-hybridized carbons (Fsp3) is 0.267. The summed E-state index contributed by atoms with van der Waals surface area (Å²) in [6.07, 6.45) is 0.817. The Morgan fingerprint density at radius 2 is 1.78 bits per heavy atom. The first-order valence-corrected chi connectivity index (χ1v) is 12.5. The molecule has 1 heterocycles. The van der Waals surface area contributed by atoms with Gasteiger partial charge >= 0.3 is 0 Å². The van der Waals surface area contributed by atoms with E-state index in [-0.39, 0.29) is 28.0 Å². The topological polar surface area (TPSA) is 66.8 Å². The Balaban J connectivity index is 1.99. The third kappa shape index (κ3) is 4.74. The van der Waals surface area contributed by atoms with E-state index in [9.17, 15) is 19.1 Å². The Morgan fingerprint density at radius 3 is 2.35 bits per heavy atom. The van der Waals surface area contributed by atoms with Crippen LogP contribution in [-0.4, -0.2) is 23.9 Å². The number of nitrogens with zero attached hydrogens (tertiary/aromatic N) is 1. The molecule has 5 nitrogen and oxygen atoms in total. The lowest BCUT2D eigenvalue weighted by molar-refractivity contribution is -0.132. The van der Waals surface area contributed by atoms with Gasteiger partial charge in [0, 0.05) is 11.3 Å². The number of hydrogen-bond donors (Lipinski definition) is 1. The summed E-state index contributed by atoms with van der Waals surface area (Å²) in [6, 6.07) is 14.0. The fourth-order valence-electron chi connectivity index (χ4n) is 4.71. The molecule has 7 heteroatoms. The van der Waals surface area contributed by atoms with Crippen molar-refractivity contribution in [3.8, 4) is 5.75 Å². The highest BCUT2D eigenvalue weighted by molar-refractivity contribution is 6.51. The van der Waals surface area contributed by atoms with Crippen molar-refractivity contribution in [3.63, 3.8) is 0 Å². The van der Waals surface area contributed by atoms with Crippen molar-refractivity contribution in [1.82, 2.24) is 0 Å². The van der Waals surface area contributed by atoms with Gasteiger partial charge in [0.25, 0.3) is 11.7 Å². The van der Waals surface area contributed by atoms with Crippen molar-refractivity contribution in [2.24, 2.45) is 0 Å². The van der Waals surface area contributed by atoms with Crippen LogP contribution in [-0.2, 0) is 16.0 Å². The number of ether oxygens (including phenoxy) is 1. The summed E-state index contributed by atoms with van der Waals surface area (Å²) in [4.78, 5) is 28.1. The molecule has 192 valence electrons. The minimum atomic E-state index is -0.934. The fourth-order valence-corrected chi connectivity index (χ4v) is 4.89. The number of aliphatic hydroxyl groups excluding tert-OH is 1. The number of aliphatic hydroxyl groups is 1. The van der Waals surface area contributed by atoms with Crippen molar-refractivity contribution < 1.29 is 23.8 Å². The molecule has 1 N–H and O–H groups in total. The Hall–Kier alpha value is -3.64. The normalized spacial score (nSPS) is 17.1. The Morgan fingerprint density at radius 1 is 1.11 bits per heavy atom. The van der Waals surface area contributed by atoms with Gasteiger partial charge in [-0.25, -0.2) is 4.39 Å². The first-order valence-electron chi connectivity index (χ1n) is 12.1. The van der Waals surface area contributed by atoms with Gasteiger partial charge in [-0.2, -0.15) is 0 Å². The Labute approximate surface area is 221 Å². The SMILES string of the molecule is CCc1ccc(C2/C(=C(\O)c3cc(C(C)C)c(OC)cc3C)C(=O)C(=O)N2c2ccc(F)c(Cl)c2)cc1. The van der Waals surface area contributed by atoms with E-state index in [2.05, 4.69) is 0 Å². The van der Waals surface area contributed by atoms with Crippen LogP contribution in [0.5, 0.6) is 5.75 Å². The zero-order valence-corrected chi connectivity index (χ0v) is 22.2. The van der Waals surface area contributed by atoms with E-state index in [1.165, 1.54) is 17.0 Å². The predicted octanol–water partition coefficient (Wildman–Crippen LogP) is 7.11. The molecule has 1 atom stereocenters. The van der Waals surface area contributed by atoms with Gasteiger partial charge in [-0.3, -0.25) is 14.5 Å². The van der Waals surface area contributed by atoms with Crippen LogP contribution < -0.4 is 9.64 Å². The highest BCUT2D eigenvalue weighted by Gasteiger charge is 2.47. The summed E-state index contributed by atoms with van der Waals surface area (Å²) in [5.74, 6) is -1.81. The summed E-state index contributed by atoms with van der Waals surface area (Å²) >= 11 is 6.03. The van der Waals surface area contributed by atoms with Gasteiger partial charge in [0.2, 0.25) is 0 Å². The third-order valence-corrected chi connectivity index (χ3v) is 7.07. The van der Waals surface area contributed by atoms with Crippen molar-refractivity contribution in [1.29, 1.82) is 0 Å².